The second kappa shape index (κ2) is 2.99. The van der Waals surface area contributed by atoms with Gasteiger partial charge in [-0.2, -0.15) is 0 Å². The minimum absolute atomic E-state index is 0.0974. The Hall–Kier alpha value is -0.340. The van der Waals surface area contributed by atoms with E-state index in [9.17, 15) is 0 Å². The standard InChI is InChI=1S/C7H15NO/c1-4-6(8)7(2,3)5-9/h4,6,9H,1,5,8H2,2-3H3/t6-/m0/s1. The smallest absolute Gasteiger partial charge is 0.0500 e. The number of nitrogens with two attached hydrogens (primary N) is 1. The second-order valence-corrected chi connectivity index (χ2v) is 2.91. The minimum atomic E-state index is -0.234. The van der Waals surface area contributed by atoms with Crippen molar-refractivity contribution in [3.05, 3.63) is 12.7 Å². The van der Waals surface area contributed by atoms with Crippen molar-refractivity contribution in [2.75, 3.05) is 6.61 Å². The highest BCUT2D eigenvalue weighted by Crippen LogP contribution is 2.17. The van der Waals surface area contributed by atoms with E-state index in [1.165, 1.54) is 0 Å². The summed E-state index contributed by atoms with van der Waals surface area (Å²) in [5, 5.41) is 8.77. The lowest BCUT2D eigenvalue weighted by Gasteiger charge is -2.26. The van der Waals surface area contributed by atoms with Crippen LogP contribution in [0, 0.1) is 5.41 Å². The van der Waals surface area contributed by atoms with Gasteiger partial charge >= 0.3 is 0 Å². The third-order valence-corrected chi connectivity index (χ3v) is 1.56. The zero-order valence-electron chi connectivity index (χ0n) is 6.09. The molecule has 0 aromatic heterocycles. The van der Waals surface area contributed by atoms with Gasteiger partial charge in [0.05, 0.1) is 0 Å². The van der Waals surface area contributed by atoms with Crippen LogP contribution in [0.4, 0.5) is 0 Å². The first-order valence-electron chi connectivity index (χ1n) is 3.03. The van der Waals surface area contributed by atoms with Gasteiger partial charge in [0, 0.05) is 18.1 Å². The topological polar surface area (TPSA) is 46.2 Å². The van der Waals surface area contributed by atoms with Gasteiger partial charge < -0.3 is 10.8 Å². The Morgan fingerprint density at radius 3 is 2.33 bits per heavy atom. The average molecular weight is 129 g/mol. The largest absolute Gasteiger partial charge is 0.396 e. The van der Waals surface area contributed by atoms with Crippen LogP contribution in [0.5, 0.6) is 0 Å². The van der Waals surface area contributed by atoms with Crippen LogP contribution in [0.1, 0.15) is 13.8 Å². The SMILES string of the molecule is C=C[C@H](N)C(C)(C)CO. The van der Waals surface area contributed by atoms with Crippen molar-refractivity contribution in [2.24, 2.45) is 11.1 Å². The second-order valence-electron chi connectivity index (χ2n) is 2.91. The van der Waals surface area contributed by atoms with Gasteiger partial charge in [-0.15, -0.1) is 6.58 Å². The van der Waals surface area contributed by atoms with E-state index >= 15 is 0 Å². The van der Waals surface area contributed by atoms with Gasteiger partial charge in [0.15, 0.2) is 0 Å². The quantitative estimate of drug-likeness (QED) is 0.546. The van der Waals surface area contributed by atoms with Crippen molar-refractivity contribution in [1.82, 2.24) is 0 Å². The Balaban J connectivity index is 3.95. The van der Waals surface area contributed by atoms with E-state index in [0.29, 0.717) is 0 Å². The first-order valence-corrected chi connectivity index (χ1v) is 3.03. The van der Waals surface area contributed by atoms with Gasteiger partial charge in [0.25, 0.3) is 0 Å². The Labute approximate surface area is 56.4 Å². The van der Waals surface area contributed by atoms with E-state index in [-0.39, 0.29) is 18.1 Å². The molecule has 9 heavy (non-hydrogen) atoms. The third-order valence-electron chi connectivity index (χ3n) is 1.56. The summed E-state index contributed by atoms with van der Waals surface area (Å²) in [7, 11) is 0. The Bertz CT molecular complexity index is 99.1. The monoisotopic (exact) mass is 129 g/mol. The van der Waals surface area contributed by atoms with E-state index < -0.39 is 0 Å². The molecule has 0 aliphatic carbocycles. The highest BCUT2D eigenvalue weighted by atomic mass is 16.3. The summed E-state index contributed by atoms with van der Waals surface area (Å²) in [6.45, 7) is 7.44. The fourth-order valence-corrected chi connectivity index (χ4v) is 0.424. The molecule has 0 fully saturated rings. The highest BCUT2D eigenvalue weighted by Gasteiger charge is 2.22. The normalized spacial score (nSPS) is 15.1. The maximum Gasteiger partial charge on any atom is 0.0500 e. The van der Waals surface area contributed by atoms with Gasteiger partial charge in [-0.1, -0.05) is 19.9 Å². The van der Waals surface area contributed by atoms with Crippen LogP contribution in [0.3, 0.4) is 0 Å². The molecule has 0 radical (unpaired) electrons. The van der Waals surface area contributed by atoms with Crippen molar-refractivity contribution in [1.29, 1.82) is 0 Å². The first kappa shape index (κ1) is 8.66. The molecule has 0 bridgehead atoms. The molecule has 0 saturated carbocycles. The first-order chi connectivity index (χ1) is 4.04. The van der Waals surface area contributed by atoms with Gasteiger partial charge in [0.1, 0.15) is 0 Å². The summed E-state index contributed by atoms with van der Waals surface area (Å²) in [6, 6.07) is -0.123. The van der Waals surface area contributed by atoms with Crippen molar-refractivity contribution in [3.8, 4) is 0 Å². The number of rotatable bonds is 3. The number of hydrogen-bond donors (Lipinski definition) is 2. The van der Waals surface area contributed by atoms with Crippen LogP contribution >= 0.6 is 0 Å². The fourth-order valence-electron chi connectivity index (χ4n) is 0.424. The molecular formula is C7H15NO. The van der Waals surface area contributed by atoms with Crippen LogP contribution in [0.25, 0.3) is 0 Å². The lowest BCUT2D eigenvalue weighted by molar-refractivity contribution is 0.147. The van der Waals surface area contributed by atoms with Crippen molar-refractivity contribution >= 4 is 0 Å². The zero-order chi connectivity index (χ0) is 7.49. The van der Waals surface area contributed by atoms with E-state index in [4.69, 9.17) is 10.8 Å². The summed E-state index contributed by atoms with van der Waals surface area (Å²) < 4.78 is 0. The minimum Gasteiger partial charge on any atom is -0.396 e. The van der Waals surface area contributed by atoms with Crippen LogP contribution in [0.15, 0.2) is 12.7 Å². The van der Waals surface area contributed by atoms with Crippen molar-refractivity contribution in [3.63, 3.8) is 0 Å². The Morgan fingerprint density at radius 1 is 1.78 bits per heavy atom. The lowest BCUT2D eigenvalue weighted by Crippen LogP contribution is -2.38. The number of aliphatic hydroxyl groups is 1. The van der Waals surface area contributed by atoms with E-state index in [2.05, 4.69) is 6.58 Å². The molecule has 0 saturated heterocycles. The lowest BCUT2D eigenvalue weighted by atomic mass is 9.86. The van der Waals surface area contributed by atoms with E-state index in [0.717, 1.165) is 0 Å². The van der Waals surface area contributed by atoms with Gasteiger partial charge in [-0.05, 0) is 0 Å². The highest BCUT2D eigenvalue weighted by molar-refractivity contribution is 4.93. The zero-order valence-corrected chi connectivity index (χ0v) is 6.09. The molecule has 1 atom stereocenters. The molecule has 0 amide bonds. The predicted molar refractivity (Wildman–Crippen MR) is 39.0 cm³/mol. The van der Waals surface area contributed by atoms with E-state index in [1.54, 1.807) is 6.08 Å². The van der Waals surface area contributed by atoms with Crippen LogP contribution < -0.4 is 5.73 Å². The molecule has 0 heterocycles. The number of aliphatic hydroxyl groups excluding tert-OH is 1. The van der Waals surface area contributed by atoms with Gasteiger partial charge in [0.2, 0.25) is 0 Å². The molecule has 0 unspecified atom stereocenters. The summed E-state index contributed by atoms with van der Waals surface area (Å²) in [5.74, 6) is 0. The molecule has 54 valence electrons. The molecule has 2 nitrogen and oxygen atoms in total. The molecule has 0 rings (SSSR count). The fraction of sp³-hybridized carbons (Fsp3) is 0.714. The van der Waals surface area contributed by atoms with Crippen LogP contribution in [-0.4, -0.2) is 17.8 Å². The molecular weight excluding hydrogens is 114 g/mol. The average Bonchev–Trinajstić information content (AvgIpc) is 1.86. The maximum atomic E-state index is 8.77. The molecule has 0 aromatic rings. The van der Waals surface area contributed by atoms with Crippen molar-refractivity contribution < 1.29 is 5.11 Å². The predicted octanol–water partition coefficient (Wildman–Crippen LogP) is 0.518. The molecule has 3 N–H and O–H groups in total. The van der Waals surface area contributed by atoms with Gasteiger partial charge in [-0.25, -0.2) is 0 Å². The maximum absolute atomic E-state index is 8.77. The van der Waals surface area contributed by atoms with Crippen LogP contribution in [0.2, 0.25) is 0 Å². The third kappa shape index (κ3) is 2.16. The molecule has 0 spiro atoms. The summed E-state index contributed by atoms with van der Waals surface area (Å²) >= 11 is 0. The van der Waals surface area contributed by atoms with Crippen LogP contribution in [-0.2, 0) is 0 Å². The summed E-state index contributed by atoms with van der Waals surface area (Å²) in [4.78, 5) is 0. The Morgan fingerprint density at radius 2 is 2.22 bits per heavy atom. The molecule has 2 heteroatoms. The van der Waals surface area contributed by atoms with Gasteiger partial charge in [-0.3, -0.25) is 0 Å². The molecule has 0 aliphatic heterocycles. The summed E-state index contributed by atoms with van der Waals surface area (Å²) in [6.07, 6.45) is 1.65. The van der Waals surface area contributed by atoms with Crippen molar-refractivity contribution in [2.45, 2.75) is 19.9 Å². The van der Waals surface area contributed by atoms with E-state index in [1.807, 2.05) is 13.8 Å². The molecule has 0 aliphatic rings. The summed E-state index contributed by atoms with van der Waals surface area (Å²) in [5.41, 5.74) is 5.35. The molecule has 0 aromatic carbocycles. The number of hydrogen-bond acceptors (Lipinski definition) is 2. The Kier molecular flexibility index (Phi) is 2.88.